The molecule has 0 bridgehead atoms. The standard InChI is InChI=1S/C14H17FN4/c1-2-17-13(12-4-3-11(15)9-19-12)7-10-5-6-18-14(16)8-10/h3-6,8-9,13,17H,2,7H2,1H3,(H2,16,18). The topological polar surface area (TPSA) is 63.8 Å². The molecular weight excluding hydrogens is 243 g/mol. The van der Waals surface area contributed by atoms with E-state index in [4.69, 9.17) is 5.73 Å². The van der Waals surface area contributed by atoms with Gasteiger partial charge < -0.3 is 11.1 Å². The van der Waals surface area contributed by atoms with E-state index in [9.17, 15) is 4.39 Å². The lowest BCUT2D eigenvalue weighted by atomic mass is 10.0. The van der Waals surface area contributed by atoms with Gasteiger partial charge in [-0.25, -0.2) is 9.37 Å². The molecule has 0 aromatic carbocycles. The number of nitrogens with one attached hydrogen (secondary N) is 1. The van der Waals surface area contributed by atoms with Crippen molar-refractivity contribution in [2.24, 2.45) is 0 Å². The van der Waals surface area contributed by atoms with E-state index in [1.807, 2.05) is 19.1 Å². The molecule has 1 atom stereocenters. The Labute approximate surface area is 111 Å². The maximum atomic E-state index is 12.9. The zero-order chi connectivity index (χ0) is 13.7. The van der Waals surface area contributed by atoms with Crippen molar-refractivity contribution in [3.05, 3.63) is 53.7 Å². The van der Waals surface area contributed by atoms with Gasteiger partial charge >= 0.3 is 0 Å². The van der Waals surface area contributed by atoms with Crippen LogP contribution in [0.3, 0.4) is 0 Å². The minimum absolute atomic E-state index is 0.0346. The summed E-state index contributed by atoms with van der Waals surface area (Å²) in [5.41, 5.74) is 7.56. The van der Waals surface area contributed by atoms with Gasteiger partial charge in [0.2, 0.25) is 0 Å². The molecule has 100 valence electrons. The van der Waals surface area contributed by atoms with Crippen LogP contribution in [0.5, 0.6) is 0 Å². The van der Waals surface area contributed by atoms with E-state index in [-0.39, 0.29) is 11.9 Å². The summed E-state index contributed by atoms with van der Waals surface area (Å²) in [7, 11) is 0. The Morgan fingerprint density at radius 2 is 2.16 bits per heavy atom. The molecule has 5 heteroatoms. The van der Waals surface area contributed by atoms with Gasteiger partial charge in [-0.15, -0.1) is 0 Å². The molecule has 1 unspecified atom stereocenters. The molecule has 0 aliphatic heterocycles. The molecule has 2 heterocycles. The van der Waals surface area contributed by atoms with Crippen LogP contribution < -0.4 is 11.1 Å². The number of nitrogens with two attached hydrogens (primary N) is 1. The largest absolute Gasteiger partial charge is 0.384 e. The number of hydrogen-bond donors (Lipinski definition) is 2. The normalized spacial score (nSPS) is 12.3. The molecule has 0 aliphatic rings. The molecule has 2 aromatic rings. The van der Waals surface area contributed by atoms with Crippen LogP contribution in [0.2, 0.25) is 0 Å². The van der Waals surface area contributed by atoms with Gasteiger partial charge in [0.05, 0.1) is 17.9 Å². The summed E-state index contributed by atoms with van der Waals surface area (Å²) in [5.74, 6) is 0.173. The fourth-order valence-electron chi connectivity index (χ4n) is 1.98. The first-order chi connectivity index (χ1) is 9.19. The van der Waals surface area contributed by atoms with Gasteiger partial charge in [-0.1, -0.05) is 6.92 Å². The van der Waals surface area contributed by atoms with Crippen molar-refractivity contribution in [2.75, 3.05) is 12.3 Å². The maximum Gasteiger partial charge on any atom is 0.141 e. The first-order valence-corrected chi connectivity index (χ1v) is 6.24. The number of nitrogen functional groups attached to an aromatic ring is 1. The minimum atomic E-state index is -0.327. The average molecular weight is 260 g/mol. The van der Waals surface area contributed by atoms with Gasteiger partial charge in [0, 0.05) is 6.20 Å². The van der Waals surface area contributed by atoms with Crippen LogP contribution in [0.1, 0.15) is 24.2 Å². The highest BCUT2D eigenvalue weighted by atomic mass is 19.1. The molecule has 0 saturated heterocycles. The molecule has 0 radical (unpaired) electrons. The molecule has 0 aliphatic carbocycles. The van der Waals surface area contributed by atoms with E-state index in [2.05, 4.69) is 15.3 Å². The summed E-state index contributed by atoms with van der Waals surface area (Å²) in [6.45, 7) is 2.84. The van der Waals surface area contributed by atoms with Crippen LogP contribution >= 0.6 is 0 Å². The van der Waals surface area contributed by atoms with Gasteiger partial charge in [0.15, 0.2) is 0 Å². The lowest BCUT2D eigenvalue weighted by Gasteiger charge is -2.17. The van der Waals surface area contributed by atoms with Gasteiger partial charge in [0.25, 0.3) is 0 Å². The zero-order valence-electron chi connectivity index (χ0n) is 10.8. The lowest BCUT2D eigenvalue weighted by Crippen LogP contribution is -2.24. The van der Waals surface area contributed by atoms with E-state index in [0.717, 1.165) is 24.2 Å². The Kier molecular flexibility index (Phi) is 4.41. The van der Waals surface area contributed by atoms with E-state index in [0.29, 0.717) is 5.82 Å². The Bertz CT molecular complexity index is 527. The molecule has 3 N–H and O–H groups in total. The van der Waals surface area contributed by atoms with Gasteiger partial charge in [-0.2, -0.15) is 0 Å². The summed E-state index contributed by atoms with van der Waals surface area (Å²) < 4.78 is 12.9. The molecule has 0 amide bonds. The quantitative estimate of drug-likeness (QED) is 0.864. The van der Waals surface area contributed by atoms with Crippen molar-refractivity contribution >= 4 is 5.82 Å². The third kappa shape index (κ3) is 3.72. The molecular formula is C14H17FN4. The Hall–Kier alpha value is -2.01. The predicted octanol–water partition coefficient (Wildman–Crippen LogP) is 2.09. The van der Waals surface area contributed by atoms with E-state index < -0.39 is 0 Å². The fourth-order valence-corrected chi connectivity index (χ4v) is 1.98. The summed E-state index contributed by atoms with van der Waals surface area (Å²) in [6, 6.07) is 6.92. The molecule has 0 saturated carbocycles. The number of anilines is 1. The van der Waals surface area contributed by atoms with Gasteiger partial charge in [0.1, 0.15) is 11.6 Å². The molecule has 2 aromatic heterocycles. The SMILES string of the molecule is CCNC(Cc1ccnc(N)c1)c1ccc(F)cn1. The van der Waals surface area contributed by atoms with Crippen molar-refractivity contribution in [3.8, 4) is 0 Å². The first-order valence-electron chi connectivity index (χ1n) is 6.24. The molecule has 0 fully saturated rings. The summed E-state index contributed by atoms with van der Waals surface area (Å²) in [6.07, 6.45) is 3.66. The maximum absolute atomic E-state index is 12.9. The molecule has 19 heavy (non-hydrogen) atoms. The summed E-state index contributed by atoms with van der Waals surface area (Å²) in [4.78, 5) is 8.10. The third-order valence-electron chi connectivity index (χ3n) is 2.84. The zero-order valence-corrected chi connectivity index (χ0v) is 10.8. The third-order valence-corrected chi connectivity index (χ3v) is 2.84. The van der Waals surface area contributed by atoms with Crippen LogP contribution in [0.15, 0.2) is 36.7 Å². The number of rotatable bonds is 5. The number of hydrogen-bond acceptors (Lipinski definition) is 4. The second kappa shape index (κ2) is 6.24. The van der Waals surface area contributed by atoms with Crippen molar-refractivity contribution < 1.29 is 4.39 Å². The monoisotopic (exact) mass is 260 g/mol. The second-order valence-electron chi connectivity index (χ2n) is 4.30. The number of halogens is 1. The highest BCUT2D eigenvalue weighted by Gasteiger charge is 2.13. The predicted molar refractivity (Wildman–Crippen MR) is 73.0 cm³/mol. The van der Waals surface area contributed by atoms with Crippen LogP contribution in [0.25, 0.3) is 0 Å². The molecule has 4 nitrogen and oxygen atoms in total. The van der Waals surface area contributed by atoms with E-state index in [1.165, 1.54) is 12.3 Å². The number of pyridine rings is 2. The second-order valence-corrected chi connectivity index (χ2v) is 4.30. The van der Waals surface area contributed by atoms with Gasteiger partial charge in [-0.3, -0.25) is 4.98 Å². The van der Waals surface area contributed by atoms with Crippen LogP contribution in [0, 0.1) is 5.82 Å². The Morgan fingerprint density at radius 3 is 2.79 bits per heavy atom. The van der Waals surface area contributed by atoms with Crippen LogP contribution in [-0.2, 0) is 6.42 Å². The van der Waals surface area contributed by atoms with Crippen LogP contribution in [0.4, 0.5) is 10.2 Å². The molecule has 0 spiro atoms. The van der Waals surface area contributed by atoms with Gasteiger partial charge in [-0.05, 0) is 42.8 Å². The Balaban J connectivity index is 2.18. The smallest absolute Gasteiger partial charge is 0.141 e. The average Bonchev–Trinajstić information content (AvgIpc) is 2.39. The first kappa shape index (κ1) is 13.4. The van der Waals surface area contributed by atoms with Crippen molar-refractivity contribution in [1.29, 1.82) is 0 Å². The summed E-state index contributed by atoms with van der Waals surface area (Å²) in [5, 5.41) is 3.34. The highest BCUT2D eigenvalue weighted by molar-refractivity contribution is 5.32. The fraction of sp³-hybridized carbons (Fsp3) is 0.286. The highest BCUT2D eigenvalue weighted by Crippen LogP contribution is 2.17. The van der Waals surface area contributed by atoms with Crippen molar-refractivity contribution in [2.45, 2.75) is 19.4 Å². The molecule has 2 rings (SSSR count). The number of likely N-dealkylation sites (N-methyl/N-ethyl adjacent to an activating group) is 1. The van der Waals surface area contributed by atoms with E-state index in [1.54, 1.807) is 12.3 Å². The van der Waals surface area contributed by atoms with Crippen molar-refractivity contribution in [1.82, 2.24) is 15.3 Å². The van der Waals surface area contributed by atoms with Crippen molar-refractivity contribution in [3.63, 3.8) is 0 Å². The summed E-state index contributed by atoms with van der Waals surface area (Å²) >= 11 is 0. The van der Waals surface area contributed by atoms with E-state index >= 15 is 0 Å². The lowest BCUT2D eigenvalue weighted by molar-refractivity contribution is 0.531. The number of aromatic nitrogens is 2. The number of nitrogens with zero attached hydrogens (tertiary/aromatic N) is 2. The van der Waals surface area contributed by atoms with Crippen LogP contribution in [-0.4, -0.2) is 16.5 Å². The Morgan fingerprint density at radius 1 is 1.32 bits per heavy atom. The minimum Gasteiger partial charge on any atom is -0.384 e.